The molecule has 0 amide bonds. The molecule has 4 fully saturated rings. The van der Waals surface area contributed by atoms with Crippen LogP contribution in [0.25, 0.3) is 0 Å². The van der Waals surface area contributed by atoms with Gasteiger partial charge < -0.3 is 0 Å². The third kappa shape index (κ3) is 16.8. The van der Waals surface area contributed by atoms with Crippen LogP contribution in [-0.2, 0) is 69.2 Å². The predicted octanol–water partition coefficient (Wildman–Crippen LogP) is 14.6. The van der Waals surface area contributed by atoms with Crippen molar-refractivity contribution in [2.75, 3.05) is 0 Å². The SMILES string of the molecule is C[C]1[C](C)[C](C)[C](C)[C]1C.C[C]1[C](C)[C](C)[C](C)[C]1C.C[C]1[C](C)[C](C)[C](C)[C]1C.C[C]1[C](C)[C](C)[C](C)[C]1C.[Cl][Ru+].[Cl][Ru+].[Cl][Ru+].[Cl][Ru+]. The van der Waals surface area contributed by atoms with Gasteiger partial charge in [-0.05, 0) is 118 Å². The summed E-state index contributed by atoms with van der Waals surface area (Å²) < 4.78 is 0. The van der Waals surface area contributed by atoms with Gasteiger partial charge in [-0.2, -0.15) is 0 Å². The first kappa shape index (κ1) is 58.4. The summed E-state index contributed by atoms with van der Waals surface area (Å²) in [5, 5.41) is 0. The zero-order chi connectivity index (χ0) is 39.5. The van der Waals surface area contributed by atoms with Gasteiger partial charge in [-0.15, -0.1) is 0 Å². The van der Waals surface area contributed by atoms with E-state index in [4.69, 9.17) is 0 Å². The molecule has 4 aliphatic rings. The molecule has 0 unspecified atom stereocenters. The standard InChI is InChI=1S/4C10H15.4ClH.4Ru/c4*1-6-7(2)9(4)10(5)8(6)3;;;;;;;;/h4*1-5H3;4*1H;;;;/q;;;;;;;;4*+2/p-4. The van der Waals surface area contributed by atoms with Gasteiger partial charge in [0.1, 0.15) is 0 Å². The molecule has 20 radical (unpaired) electrons. The molecule has 0 nitrogen and oxygen atoms in total. The molecule has 4 aliphatic carbocycles. The number of halogens is 4. The van der Waals surface area contributed by atoms with Crippen molar-refractivity contribution < 1.29 is 69.2 Å². The third-order valence-electron chi connectivity index (χ3n) is 11.2. The van der Waals surface area contributed by atoms with Crippen LogP contribution < -0.4 is 0 Å². The average molecular weight is 1090 g/mol. The molecule has 0 aromatic heterocycles. The van der Waals surface area contributed by atoms with E-state index in [-0.39, 0.29) is 0 Å². The molecule has 0 heterocycles. The normalized spacial score (nSPS) is 24.2. The third-order valence-corrected chi connectivity index (χ3v) is 11.2. The summed E-state index contributed by atoms with van der Waals surface area (Å²) >= 11 is 7.29. The molecule has 4 saturated carbocycles. The summed E-state index contributed by atoms with van der Waals surface area (Å²) in [5.74, 6) is 29.4. The molecule has 4 rings (SSSR count). The van der Waals surface area contributed by atoms with Crippen LogP contribution in [0.2, 0.25) is 0 Å². The Labute approximate surface area is 361 Å². The van der Waals surface area contributed by atoms with Crippen LogP contribution in [-0.4, -0.2) is 0 Å². The van der Waals surface area contributed by atoms with Crippen molar-refractivity contribution in [3.8, 4) is 0 Å². The Bertz CT molecular complexity index is 449. The Kier molecular flexibility index (Phi) is 37.5. The van der Waals surface area contributed by atoms with E-state index in [0.29, 0.717) is 0 Å². The van der Waals surface area contributed by atoms with Gasteiger partial charge >= 0.3 is 108 Å². The van der Waals surface area contributed by atoms with Gasteiger partial charge in [0, 0.05) is 0 Å². The Hall–Kier alpha value is 3.65. The fourth-order valence-corrected chi connectivity index (χ4v) is 5.62. The molecule has 0 N–H and O–H groups in total. The van der Waals surface area contributed by atoms with Crippen molar-refractivity contribution in [3.63, 3.8) is 0 Å². The summed E-state index contributed by atoms with van der Waals surface area (Å²) in [6.45, 7) is 44.0. The van der Waals surface area contributed by atoms with Crippen LogP contribution >= 0.6 is 38.8 Å². The van der Waals surface area contributed by atoms with Gasteiger partial charge in [0.25, 0.3) is 0 Å². The zero-order valence-corrected chi connectivity index (χ0v) is 42.9. The maximum absolute atomic E-state index is 4.57. The second-order valence-electron chi connectivity index (χ2n) is 12.5. The Balaban J connectivity index is -0.000000251. The van der Waals surface area contributed by atoms with E-state index in [9.17, 15) is 0 Å². The Morgan fingerprint density at radius 1 is 0.146 bits per heavy atom. The van der Waals surface area contributed by atoms with Crippen LogP contribution in [0.1, 0.15) is 138 Å². The molecular weight excluding hydrogens is 1030 g/mol. The van der Waals surface area contributed by atoms with Crippen molar-refractivity contribution in [2.24, 2.45) is 0 Å². The molecule has 0 spiro atoms. The second-order valence-corrected chi connectivity index (χ2v) is 12.5. The Morgan fingerprint density at radius 3 is 0.188 bits per heavy atom. The quantitative estimate of drug-likeness (QED) is 0.212. The molecule has 0 aromatic carbocycles. The summed E-state index contributed by atoms with van der Waals surface area (Å²) in [4.78, 5) is 0. The van der Waals surface area contributed by atoms with Crippen molar-refractivity contribution in [1.82, 2.24) is 0 Å². The van der Waals surface area contributed by atoms with Crippen LogP contribution in [0, 0.1) is 118 Å². The van der Waals surface area contributed by atoms with Crippen molar-refractivity contribution in [2.45, 2.75) is 138 Å². The first-order valence-electron chi connectivity index (χ1n) is 15.5. The number of rotatable bonds is 0. The van der Waals surface area contributed by atoms with Gasteiger partial charge in [0.05, 0.1) is 0 Å². The van der Waals surface area contributed by atoms with Crippen LogP contribution in [0.15, 0.2) is 0 Å². The average Bonchev–Trinajstić information content (AvgIpc) is 3.56. The first-order valence-corrected chi connectivity index (χ1v) is 24.5. The van der Waals surface area contributed by atoms with Gasteiger partial charge in [-0.1, -0.05) is 138 Å². The molecule has 0 aliphatic heterocycles. The number of hydrogen-bond donors (Lipinski definition) is 0. The monoisotopic (exact) mass is 1090 g/mol. The maximum atomic E-state index is 4.57. The van der Waals surface area contributed by atoms with Crippen LogP contribution in [0.3, 0.4) is 0 Å². The van der Waals surface area contributed by atoms with Crippen LogP contribution in [0.4, 0.5) is 0 Å². The van der Waals surface area contributed by atoms with E-state index in [0.717, 1.165) is 0 Å². The summed E-state index contributed by atoms with van der Waals surface area (Å²) in [6, 6.07) is 0. The van der Waals surface area contributed by atoms with E-state index in [2.05, 4.69) is 177 Å². The number of hydrogen-bond acceptors (Lipinski definition) is 0. The molecule has 8 heteroatoms. The molecule has 276 valence electrons. The van der Waals surface area contributed by atoms with Crippen molar-refractivity contribution in [3.05, 3.63) is 118 Å². The summed E-state index contributed by atoms with van der Waals surface area (Å²) in [6.07, 6.45) is 0. The fraction of sp³-hybridized carbons (Fsp3) is 0.500. The Morgan fingerprint density at radius 2 is 0.167 bits per heavy atom. The molecule has 0 atom stereocenters. The summed E-state index contributed by atoms with van der Waals surface area (Å²) in [5.41, 5.74) is 0. The van der Waals surface area contributed by atoms with Gasteiger partial charge in [-0.3, -0.25) is 0 Å². The summed E-state index contributed by atoms with van der Waals surface area (Å²) in [7, 11) is 18.3. The van der Waals surface area contributed by atoms with E-state index in [1.807, 2.05) is 69.2 Å². The predicted molar refractivity (Wildman–Crippen MR) is 202 cm³/mol. The minimum absolute atomic E-state index is 1.47. The zero-order valence-electron chi connectivity index (χ0n) is 32.9. The topological polar surface area (TPSA) is 0 Å². The minimum atomic E-state index is 1.47. The molecule has 0 bridgehead atoms. The van der Waals surface area contributed by atoms with Crippen molar-refractivity contribution >= 4 is 38.8 Å². The van der Waals surface area contributed by atoms with E-state index >= 15 is 0 Å². The second kappa shape index (κ2) is 30.8. The van der Waals surface area contributed by atoms with Gasteiger partial charge in [0.15, 0.2) is 0 Å². The molecule has 48 heavy (non-hydrogen) atoms. The van der Waals surface area contributed by atoms with E-state index in [1.165, 1.54) is 118 Å². The fourth-order valence-electron chi connectivity index (χ4n) is 5.62. The van der Waals surface area contributed by atoms with Gasteiger partial charge in [0.2, 0.25) is 0 Å². The molecule has 0 aromatic rings. The first-order chi connectivity index (χ1) is 22.2. The van der Waals surface area contributed by atoms with Crippen LogP contribution in [0.5, 0.6) is 0 Å². The molecule has 0 saturated heterocycles. The van der Waals surface area contributed by atoms with E-state index in [1.54, 1.807) is 0 Å². The van der Waals surface area contributed by atoms with Gasteiger partial charge in [-0.25, -0.2) is 0 Å². The molecular formula is C40H60Cl4Ru4+4. The van der Waals surface area contributed by atoms with Crippen molar-refractivity contribution in [1.29, 1.82) is 0 Å². The van der Waals surface area contributed by atoms with E-state index < -0.39 is 0 Å².